The summed E-state index contributed by atoms with van der Waals surface area (Å²) in [6, 6.07) is 7.08. The molecule has 2 heterocycles. The van der Waals surface area contributed by atoms with Crippen molar-refractivity contribution in [2.45, 2.75) is 50.0 Å². The largest absolute Gasteiger partial charge is 0.361 e. The lowest BCUT2D eigenvalue weighted by Crippen LogP contribution is -2.30. The Bertz CT molecular complexity index is 1040. The van der Waals surface area contributed by atoms with Crippen molar-refractivity contribution >= 4 is 32.8 Å². The average Bonchev–Trinajstić information content (AvgIpc) is 3.22. The fourth-order valence-corrected chi connectivity index (χ4v) is 5.44. The van der Waals surface area contributed by atoms with E-state index in [-0.39, 0.29) is 4.90 Å². The summed E-state index contributed by atoms with van der Waals surface area (Å²) in [6.07, 6.45) is 0. The molecule has 0 atom stereocenters. The topological polar surface area (TPSA) is 81.2 Å². The third-order valence-electron chi connectivity index (χ3n) is 4.37. The Morgan fingerprint density at radius 1 is 1.19 bits per heavy atom. The maximum Gasteiger partial charge on any atom is 0.243 e. The Kier molecular flexibility index (Phi) is 5.92. The minimum atomic E-state index is -3.50. The summed E-state index contributed by atoms with van der Waals surface area (Å²) in [5, 5.41) is 4.85. The second kappa shape index (κ2) is 8.04. The van der Waals surface area contributed by atoms with Gasteiger partial charge >= 0.3 is 0 Å². The highest BCUT2D eigenvalue weighted by molar-refractivity contribution is 7.98. The van der Waals surface area contributed by atoms with Crippen molar-refractivity contribution in [2.24, 2.45) is 0 Å². The van der Waals surface area contributed by atoms with Crippen LogP contribution in [0.1, 0.15) is 32.2 Å². The highest BCUT2D eigenvalue weighted by Gasteiger charge is 2.23. The Hall–Kier alpha value is -1.84. The summed E-state index contributed by atoms with van der Waals surface area (Å²) in [5.41, 5.74) is 2.47. The van der Waals surface area contributed by atoms with E-state index in [9.17, 15) is 8.42 Å². The summed E-state index contributed by atoms with van der Waals surface area (Å²) in [4.78, 5) is 4.96. The zero-order valence-electron chi connectivity index (χ0n) is 16.0. The molecule has 3 aromatic rings. The van der Waals surface area contributed by atoms with Gasteiger partial charge in [0.15, 0.2) is 5.16 Å². The molecular formula is C18H24N4O3S2. The standard InChI is InChI=1S/C18H24N4O3S2/c1-5-21(6-2)27(23,24)15-8-9-17-16(11-15)19-18(22(17)7-3)26-12-14-10-13(4)25-20-14/h8-11H,5-7,12H2,1-4H3. The van der Waals surface area contributed by atoms with Crippen molar-refractivity contribution in [1.29, 1.82) is 0 Å². The van der Waals surface area contributed by atoms with Gasteiger partial charge in [0.2, 0.25) is 10.0 Å². The number of imidazole rings is 1. The lowest BCUT2D eigenvalue weighted by molar-refractivity contribution is 0.393. The van der Waals surface area contributed by atoms with Gasteiger partial charge in [0, 0.05) is 31.5 Å². The Morgan fingerprint density at radius 3 is 2.52 bits per heavy atom. The van der Waals surface area contributed by atoms with E-state index >= 15 is 0 Å². The predicted molar refractivity (Wildman–Crippen MR) is 106 cm³/mol. The molecular weight excluding hydrogens is 384 g/mol. The molecule has 0 aliphatic rings. The van der Waals surface area contributed by atoms with Crippen molar-refractivity contribution in [3.8, 4) is 0 Å². The Morgan fingerprint density at radius 2 is 1.93 bits per heavy atom. The average molecular weight is 409 g/mol. The number of aryl methyl sites for hydroxylation is 2. The van der Waals surface area contributed by atoms with Crippen LogP contribution in [0.3, 0.4) is 0 Å². The number of aromatic nitrogens is 3. The van der Waals surface area contributed by atoms with Crippen LogP contribution >= 0.6 is 11.8 Å². The SMILES string of the molecule is CCN(CC)S(=O)(=O)c1ccc2c(c1)nc(SCc1cc(C)on1)n2CC. The number of rotatable bonds is 8. The van der Waals surface area contributed by atoms with E-state index in [0.717, 1.165) is 28.7 Å². The molecule has 0 aliphatic heterocycles. The van der Waals surface area contributed by atoms with E-state index in [1.54, 1.807) is 23.9 Å². The molecule has 0 aliphatic carbocycles. The summed E-state index contributed by atoms with van der Waals surface area (Å²) < 4.78 is 34.2. The van der Waals surface area contributed by atoms with E-state index in [4.69, 9.17) is 4.52 Å². The molecule has 146 valence electrons. The van der Waals surface area contributed by atoms with Gasteiger partial charge in [0.05, 0.1) is 21.6 Å². The van der Waals surface area contributed by atoms with Crippen LogP contribution < -0.4 is 0 Å². The zero-order chi connectivity index (χ0) is 19.6. The van der Waals surface area contributed by atoms with Crippen LogP contribution in [0.5, 0.6) is 0 Å². The van der Waals surface area contributed by atoms with E-state index < -0.39 is 10.0 Å². The maximum atomic E-state index is 12.8. The number of benzene rings is 1. The number of hydrogen-bond acceptors (Lipinski definition) is 6. The van der Waals surface area contributed by atoms with Crippen molar-refractivity contribution in [3.05, 3.63) is 35.7 Å². The molecule has 2 aromatic heterocycles. The summed E-state index contributed by atoms with van der Waals surface area (Å²) >= 11 is 1.56. The van der Waals surface area contributed by atoms with Gasteiger partial charge < -0.3 is 9.09 Å². The second-order valence-corrected chi connectivity index (χ2v) is 8.98. The fourth-order valence-electron chi connectivity index (χ4n) is 3.00. The summed E-state index contributed by atoms with van der Waals surface area (Å²) in [5.74, 6) is 1.42. The van der Waals surface area contributed by atoms with Gasteiger partial charge in [-0.3, -0.25) is 0 Å². The quantitative estimate of drug-likeness (QED) is 0.529. The van der Waals surface area contributed by atoms with Crippen LogP contribution in [0.2, 0.25) is 0 Å². The van der Waals surface area contributed by atoms with Gasteiger partial charge in [0.25, 0.3) is 0 Å². The second-order valence-electron chi connectivity index (χ2n) is 6.10. The molecule has 0 spiro atoms. The number of nitrogens with zero attached hydrogens (tertiary/aromatic N) is 4. The predicted octanol–water partition coefficient (Wildman–Crippen LogP) is 3.68. The molecule has 0 N–H and O–H groups in total. The van der Waals surface area contributed by atoms with Gasteiger partial charge in [-0.15, -0.1) is 0 Å². The highest BCUT2D eigenvalue weighted by Crippen LogP contribution is 2.29. The normalized spacial score (nSPS) is 12.3. The third-order valence-corrected chi connectivity index (χ3v) is 7.43. The molecule has 3 rings (SSSR count). The molecule has 0 amide bonds. The molecule has 7 nitrogen and oxygen atoms in total. The first-order valence-corrected chi connectivity index (χ1v) is 11.4. The molecule has 0 unspecified atom stereocenters. The van der Waals surface area contributed by atoms with Crippen molar-refractivity contribution in [2.75, 3.05) is 13.1 Å². The van der Waals surface area contributed by atoms with Crippen LogP contribution in [0, 0.1) is 6.92 Å². The molecule has 9 heteroatoms. The Labute approximate surface area is 163 Å². The Balaban J connectivity index is 1.95. The number of thioether (sulfide) groups is 1. The summed E-state index contributed by atoms with van der Waals surface area (Å²) in [7, 11) is -3.50. The number of fused-ring (bicyclic) bond motifs is 1. The first-order chi connectivity index (χ1) is 12.9. The number of hydrogen-bond donors (Lipinski definition) is 0. The van der Waals surface area contributed by atoms with Gasteiger partial charge in [-0.2, -0.15) is 4.31 Å². The summed E-state index contributed by atoms with van der Waals surface area (Å²) in [6.45, 7) is 9.22. The molecule has 0 saturated carbocycles. The van der Waals surface area contributed by atoms with Crippen molar-refractivity contribution in [3.63, 3.8) is 0 Å². The van der Waals surface area contributed by atoms with Crippen LogP contribution in [-0.2, 0) is 22.3 Å². The van der Waals surface area contributed by atoms with Gasteiger partial charge in [0.1, 0.15) is 5.76 Å². The molecule has 27 heavy (non-hydrogen) atoms. The molecule has 0 radical (unpaired) electrons. The number of sulfonamides is 1. The third kappa shape index (κ3) is 3.90. The fraction of sp³-hybridized carbons (Fsp3) is 0.444. The lowest BCUT2D eigenvalue weighted by atomic mass is 10.3. The smallest absolute Gasteiger partial charge is 0.243 e. The van der Waals surface area contributed by atoms with Crippen LogP contribution in [0.25, 0.3) is 11.0 Å². The van der Waals surface area contributed by atoms with Gasteiger partial charge in [-0.1, -0.05) is 30.8 Å². The van der Waals surface area contributed by atoms with Crippen LogP contribution in [0.4, 0.5) is 0 Å². The minimum absolute atomic E-state index is 0.281. The highest BCUT2D eigenvalue weighted by atomic mass is 32.2. The molecule has 1 aromatic carbocycles. The lowest BCUT2D eigenvalue weighted by Gasteiger charge is -2.18. The molecule has 0 saturated heterocycles. The van der Waals surface area contributed by atoms with E-state index in [0.29, 0.717) is 24.4 Å². The first kappa shape index (κ1) is 19.9. The molecule has 0 fully saturated rings. The van der Waals surface area contributed by atoms with E-state index in [1.165, 1.54) is 4.31 Å². The van der Waals surface area contributed by atoms with Crippen LogP contribution in [-0.4, -0.2) is 40.5 Å². The van der Waals surface area contributed by atoms with E-state index in [2.05, 4.69) is 14.7 Å². The van der Waals surface area contributed by atoms with Gasteiger partial charge in [-0.05, 0) is 32.0 Å². The van der Waals surface area contributed by atoms with Crippen molar-refractivity contribution < 1.29 is 12.9 Å². The maximum absolute atomic E-state index is 12.8. The van der Waals surface area contributed by atoms with Crippen molar-refractivity contribution in [1.82, 2.24) is 19.0 Å². The van der Waals surface area contributed by atoms with E-state index in [1.807, 2.05) is 39.8 Å². The van der Waals surface area contributed by atoms with Crippen LogP contribution in [0.15, 0.2) is 38.8 Å². The molecule has 0 bridgehead atoms. The minimum Gasteiger partial charge on any atom is -0.361 e. The zero-order valence-corrected chi connectivity index (χ0v) is 17.6. The first-order valence-electron chi connectivity index (χ1n) is 8.96. The van der Waals surface area contributed by atoms with Gasteiger partial charge in [-0.25, -0.2) is 13.4 Å². The monoisotopic (exact) mass is 408 g/mol.